The number of allylic oxidation sites excluding steroid dienone is 1. The molecule has 0 aliphatic rings. The van der Waals surface area contributed by atoms with Gasteiger partial charge in [-0.1, -0.05) is 6.07 Å². The van der Waals surface area contributed by atoms with Crippen LogP contribution in [0.4, 0.5) is 13.2 Å². The number of pyridine rings is 1. The number of amidine groups is 1. The quantitative estimate of drug-likeness (QED) is 0.520. The fourth-order valence-corrected chi connectivity index (χ4v) is 2.55. The van der Waals surface area contributed by atoms with Crippen LogP contribution in [0.1, 0.15) is 10.4 Å². The Balaban J connectivity index is 1.83. The summed E-state index contributed by atoms with van der Waals surface area (Å²) < 4.78 is 39.4. The zero-order valence-corrected chi connectivity index (χ0v) is 15.5. The summed E-state index contributed by atoms with van der Waals surface area (Å²) >= 11 is 0. The van der Waals surface area contributed by atoms with Gasteiger partial charge in [-0.25, -0.2) is 0 Å². The number of halogens is 3. The average molecular weight is 402 g/mol. The Morgan fingerprint density at radius 2 is 2.03 bits per heavy atom. The summed E-state index contributed by atoms with van der Waals surface area (Å²) in [6, 6.07) is 8.53. The molecule has 0 aliphatic carbocycles. The molecule has 0 saturated carbocycles. The summed E-state index contributed by atoms with van der Waals surface area (Å²) in [5.41, 5.74) is 5.97. The Labute approximate surface area is 163 Å². The number of aliphatic imine (C=N–C) groups is 1. The molecule has 1 amide bonds. The molecule has 0 unspecified atom stereocenters. The van der Waals surface area contributed by atoms with E-state index in [-0.39, 0.29) is 11.4 Å². The van der Waals surface area contributed by atoms with Crippen LogP contribution in [0.5, 0.6) is 0 Å². The van der Waals surface area contributed by atoms with Gasteiger partial charge in [-0.3, -0.25) is 19.5 Å². The van der Waals surface area contributed by atoms with Crippen LogP contribution in [0.2, 0.25) is 0 Å². The van der Waals surface area contributed by atoms with E-state index in [9.17, 15) is 18.0 Å². The predicted octanol–water partition coefficient (Wildman–Crippen LogP) is 2.80. The number of benzene rings is 1. The van der Waals surface area contributed by atoms with Gasteiger partial charge in [0.05, 0.1) is 11.2 Å². The molecule has 0 bridgehead atoms. The first-order valence-electron chi connectivity index (χ1n) is 8.39. The van der Waals surface area contributed by atoms with Gasteiger partial charge < -0.3 is 11.1 Å². The zero-order chi connectivity index (χ0) is 21.2. The Morgan fingerprint density at radius 3 is 2.66 bits per heavy atom. The minimum Gasteiger partial charge on any atom is -0.395 e. The van der Waals surface area contributed by atoms with Crippen molar-refractivity contribution in [3.05, 3.63) is 60.1 Å². The highest BCUT2D eigenvalue weighted by Crippen LogP contribution is 2.23. The van der Waals surface area contributed by atoms with Crippen LogP contribution >= 0.6 is 0 Å². The second-order valence-corrected chi connectivity index (χ2v) is 6.17. The van der Waals surface area contributed by atoms with Gasteiger partial charge >= 0.3 is 6.18 Å². The van der Waals surface area contributed by atoms with E-state index in [4.69, 9.17) is 5.73 Å². The molecule has 3 rings (SSSR count). The topological polar surface area (TPSA) is 98.2 Å². The standard InChI is InChI=1S/C19H17F3N6O/c1-24-17(9-16(23)19(20,21)22)26-18(29)12-4-3-11-7-13(10-25-15(11)8-12)14-5-6-28(2)27-14/h3-10H,23H2,1-2H3,(H,24,26,29). The molecule has 0 atom stereocenters. The van der Waals surface area contributed by atoms with Crippen molar-refractivity contribution in [2.75, 3.05) is 7.05 Å². The highest BCUT2D eigenvalue weighted by atomic mass is 19.4. The van der Waals surface area contributed by atoms with E-state index in [1.807, 2.05) is 25.4 Å². The Hall–Kier alpha value is -3.69. The number of carbonyl (C=O) groups excluding carboxylic acids is 1. The van der Waals surface area contributed by atoms with Crippen molar-refractivity contribution < 1.29 is 18.0 Å². The molecule has 7 nitrogen and oxygen atoms in total. The van der Waals surface area contributed by atoms with Gasteiger partial charge in [-0.2, -0.15) is 18.3 Å². The van der Waals surface area contributed by atoms with Crippen molar-refractivity contribution in [1.29, 1.82) is 0 Å². The highest BCUT2D eigenvalue weighted by molar-refractivity contribution is 6.11. The van der Waals surface area contributed by atoms with E-state index in [1.165, 1.54) is 13.1 Å². The van der Waals surface area contributed by atoms with Gasteiger partial charge in [0.15, 0.2) is 0 Å². The second-order valence-electron chi connectivity index (χ2n) is 6.17. The van der Waals surface area contributed by atoms with Crippen molar-refractivity contribution in [1.82, 2.24) is 20.1 Å². The second kappa shape index (κ2) is 7.74. The van der Waals surface area contributed by atoms with Gasteiger partial charge in [0.1, 0.15) is 11.5 Å². The monoisotopic (exact) mass is 402 g/mol. The number of hydrogen-bond acceptors (Lipinski definition) is 5. The number of fused-ring (bicyclic) bond motifs is 1. The average Bonchev–Trinajstić information content (AvgIpc) is 3.12. The van der Waals surface area contributed by atoms with Crippen LogP contribution in [0.25, 0.3) is 22.2 Å². The molecule has 3 N–H and O–H groups in total. The molecule has 29 heavy (non-hydrogen) atoms. The Morgan fingerprint density at radius 1 is 1.28 bits per heavy atom. The van der Waals surface area contributed by atoms with Crippen molar-refractivity contribution in [3.63, 3.8) is 0 Å². The van der Waals surface area contributed by atoms with Gasteiger partial charge in [0.25, 0.3) is 5.91 Å². The fraction of sp³-hybridized carbons (Fsp3) is 0.158. The molecule has 0 aliphatic heterocycles. The molecule has 0 spiro atoms. The lowest BCUT2D eigenvalue weighted by Gasteiger charge is -2.09. The molecule has 0 fully saturated rings. The van der Waals surface area contributed by atoms with E-state index in [0.29, 0.717) is 11.6 Å². The molecule has 0 saturated heterocycles. The maximum Gasteiger partial charge on any atom is 0.430 e. The largest absolute Gasteiger partial charge is 0.430 e. The number of aromatic nitrogens is 3. The zero-order valence-electron chi connectivity index (χ0n) is 15.5. The lowest BCUT2D eigenvalue weighted by Crippen LogP contribution is -2.31. The van der Waals surface area contributed by atoms with Crippen LogP contribution < -0.4 is 11.1 Å². The summed E-state index contributed by atoms with van der Waals surface area (Å²) in [5, 5.41) is 7.41. The number of rotatable bonds is 3. The first-order valence-corrected chi connectivity index (χ1v) is 8.39. The normalized spacial score (nSPS) is 13.0. The third-order valence-electron chi connectivity index (χ3n) is 4.06. The molecular weight excluding hydrogens is 385 g/mol. The molecular formula is C19H17F3N6O. The number of alkyl halides is 3. The Bertz CT molecular complexity index is 1130. The maximum absolute atomic E-state index is 12.6. The minimum absolute atomic E-state index is 0.218. The van der Waals surface area contributed by atoms with E-state index in [0.717, 1.165) is 16.6 Å². The molecule has 3 aromatic rings. The number of nitrogens with one attached hydrogen (secondary N) is 1. The minimum atomic E-state index is -4.71. The van der Waals surface area contributed by atoms with Crippen molar-refractivity contribution in [2.24, 2.45) is 17.8 Å². The number of amides is 1. The highest BCUT2D eigenvalue weighted by Gasteiger charge is 2.31. The third kappa shape index (κ3) is 4.60. The fourth-order valence-electron chi connectivity index (χ4n) is 2.55. The third-order valence-corrected chi connectivity index (χ3v) is 4.06. The van der Waals surface area contributed by atoms with Gasteiger partial charge in [0, 0.05) is 49.1 Å². The number of nitrogens with two attached hydrogens (primary N) is 1. The van der Waals surface area contributed by atoms with E-state index in [1.54, 1.807) is 23.0 Å². The lowest BCUT2D eigenvalue weighted by molar-refractivity contribution is -0.0925. The van der Waals surface area contributed by atoms with Gasteiger partial charge in [-0.05, 0) is 24.3 Å². The van der Waals surface area contributed by atoms with E-state index in [2.05, 4.69) is 20.4 Å². The van der Waals surface area contributed by atoms with Crippen LogP contribution in [0, 0.1) is 0 Å². The molecule has 1 aromatic carbocycles. The van der Waals surface area contributed by atoms with Gasteiger partial charge in [0.2, 0.25) is 0 Å². The molecule has 2 aromatic heterocycles. The SMILES string of the molecule is CN=C(C=C(N)C(F)(F)F)NC(=O)c1ccc2cc(-c3ccn(C)n3)cnc2c1. The molecule has 150 valence electrons. The molecule has 10 heteroatoms. The lowest BCUT2D eigenvalue weighted by atomic mass is 10.1. The van der Waals surface area contributed by atoms with Gasteiger partial charge in [-0.15, -0.1) is 0 Å². The predicted molar refractivity (Wildman–Crippen MR) is 103 cm³/mol. The smallest absolute Gasteiger partial charge is 0.395 e. The summed E-state index contributed by atoms with van der Waals surface area (Å²) in [5.74, 6) is -0.933. The number of nitrogens with zero attached hydrogens (tertiary/aromatic N) is 4. The van der Waals surface area contributed by atoms with Crippen molar-refractivity contribution in [2.45, 2.75) is 6.18 Å². The summed E-state index contributed by atoms with van der Waals surface area (Å²) in [6.45, 7) is 0. The first kappa shape index (κ1) is 20.1. The van der Waals surface area contributed by atoms with Crippen LogP contribution in [0.3, 0.4) is 0 Å². The van der Waals surface area contributed by atoms with E-state index < -0.39 is 17.8 Å². The number of carbonyl (C=O) groups is 1. The van der Waals surface area contributed by atoms with Crippen LogP contribution in [0.15, 0.2) is 59.5 Å². The summed E-state index contributed by atoms with van der Waals surface area (Å²) in [4.78, 5) is 20.4. The first-order chi connectivity index (χ1) is 13.7. The van der Waals surface area contributed by atoms with Crippen molar-refractivity contribution in [3.8, 4) is 11.3 Å². The van der Waals surface area contributed by atoms with Crippen molar-refractivity contribution >= 4 is 22.6 Å². The van der Waals surface area contributed by atoms with Crippen LogP contribution in [-0.2, 0) is 7.05 Å². The summed E-state index contributed by atoms with van der Waals surface area (Å²) in [7, 11) is 3.06. The Kier molecular flexibility index (Phi) is 5.35. The molecule has 2 heterocycles. The molecule has 0 radical (unpaired) electrons. The maximum atomic E-state index is 12.6. The van der Waals surface area contributed by atoms with E-state index >= 15 is 0 Å². The number of aryl methyl sites for hydroxylation is 1. The van der Waals surface area contributed by atoms with Crippen LogP contribution in [-0.4, -0.2) is 39.7 Å². The summed E-state index contributed by atoms with van der Waals surface area (Å²) in [6.07, 6.45) is -0.687. The number of hydrogen-bond donors (Lipinski definition) is 2.